The number of hydrogen-bond acceptors (Lipinski definition) is 5. The lowest BCUT2D eigenvalue weighted by Crippen LogP contribution is -2.17. The molecule has 0 bridgehead atoms. The maximum absolute atomic E-state index is 13.0. The molecule has 0 atom stereocenters. The monoisotopic (exact) mass is 374 g/mol. The van der Waals surface area contributed by atoms with E-state index in [0.29, 0.717) is 11.1 Å². The van der Waals surface area contributed by atoms with E-state index in [4.69, 9.17) is 4.74 Å². The van der Waals surface area contributed by atoms with Gasteiger partial charge in [-0.05, 0) is 35.9 Å². The molecule has 1 aromatic carbocycles. The van der Waals surface area contributed by atoms with Crippen LogP contribution in [-0.2, 0) is 11.3 Å². The Balaban J connectivity index is 2.07. The van der Waals surface area contributed by atoms with E-state index in [-0.39, 0.29) is 17.9 Å². The first-order chi connectivity index (χ1) is 12.3. The molecule has 0 N–H and O–H groups in total. The highest BCUT2D eigenvalue weighted by Crippen LogP contribution is 2.30. The molecule has 0 spiro atoms. The summed E-state index contributed by atoms with van der Waals surface area (Å²) in [5.74, 6) is -1.06. The van der Waals surface area contributed by atoms with Crippen molar-refractivity contribution in [3.8, 4) is 17.0 Å². The van der Waals surface area contributed by atoms with Gasteiger partial charge in [0.1, 0.15) is 5.75 Å². The van der Waals surface area contributed by atoms with Gasteiger partial charge in [0.25, 0.3) is 6.43 Å². The van der Waals surface area contributed by atoms with Crippen LogP contribution in [0.4, 0.5) is 22.0 Å². The summed E-state index contributed by atoms with van der Waals surface area (Å²) in [5.41, 5.74) is 1.10. The summed E-state index contributed by atoms with van der Waals surface area (Å²) in [6, 6.07) is 6.53. The van der Waals surface area contributed by atoms with Gasteiger partial charge in [0.15, 0.2) is 5.65 Å². The molecule has 2 aromatic heterocycles. The zero-order valence-electron chi connectivity index (χ0n) is 13.2. The van der Waals surface area contributed by atoms with Crippen molar-refractivity contribution in [2.45, 2.75) is 19.4 Å². The quantitative estimate of drug-likeness (QED) is 0.636. The van der Waals surface area contributed by atoms with Crippen LogP contribution in [0, 0.1) is 0 Å². The van der Waals surface area contributed by atoms with Crippen LogP contribution in [0.2, 0.25) is 0 Å². The normalized spacial score (nSPS) is 12.1. The molecule has 0 fully saturated rings. The molecule has 0 unspecified atom stereocenters. The zero-order valence-corrected chi connectivity index (χ0v) is 13.2. The van der Waals surface area contributed by atoms with Gasteiger partial charge >= 0.3 is 6.36 Å². The lowest BCUT2D eigenvalue weighted by atomic mass is 10.0. The number of fused-ring (bicyclic) bond motifs is 1. The van der Waals surface area contributed by atoms with E-state index in [1.54, 1.807) is 0 Å². The number of halogens is 5. The minimum absolute atomic E-state index is 0.0337. The van der Waals surface area contributed by atoms with Crippen molar-refractivity contribution in [1.82, 2.24) is 19.8 Å². The van der Waals surface area contributed by atoms with Crippen molar-refractivity contribution in [1.29, 1.82) is 0 Å². The summed E-state index contributed by atoms with van der Waals surface area (Å²) in [7, 11) is 1.37. The Kier molecular flexibility index (Phi) is 4.72. The van der Waals surface area contributed by atoms with Crippen molar-refractivity contribution >= 4 is 5.65 Å². The summed E-state index contributed by atoms with van der Waals surface area (Å²) in [6.45, 7) is -0.0337. The fourth-order valence-electron chi connectivity index (χ4n) is 2.38. The molecule has 0 saturated carbocycles. The predicted molar refractivity (Wildman–Crippen MR) is 78.6 cm³/mol. The molecule has 0 amide bonds. The molecular formula is C15H11F5N4O2. The topological polar surface area (TPSA) is 61.5 Å². The summed E-state index contributed by atoms with van der Waals surface area (Å²) in [5, 5.41) is 11.0. The molecule has 26 heavy (non-hydrogen) atoms. The van der Waals surface area contributed by atoms with E-state index in [9.17, 15) is 22.0 Å². The number of benzene rings is 1. The Morgan fingerprint density at radius 1 is 1.12 bits per heavy atom. The first-order valence-corrected chi connectivity index (χ1v) is 7.17. The van der Waals surface area contributed by atoms with Crippen LogP contribution < -0.4 is 4.74 Å². The van der Waals surface area contributed by atoms with Crippen molar-refractivity contribution < 1.29 is 31.4 Å². The Morgan fingerprint density at radius 3 is 2.54 bits per heavy atom. The molecule has 0 radical (unpaired) electrons. The molecule has 6 nitrogen and oxygen atoms in total. The van der Waals surface area contributed by atoms with Gasteiger partial charge in [-0.25, -0.2) is 8.78 Å². The summed E-state index contributed by atoms with van der Waals surface area (Å²) in [6.07, 6.45) is -7.72. The van der Waals surface area contributed by atoms with Crippen molar-refractivity contribution in [3.63, 3.8) is 0 Å². The molecule has 0 saturated heterocycles. The second-order valence-corrected chi connectivity index (χ2v) is 5.15. The third-order valence-corrected chi connectivity index (χ3v) is 3.37. The van der Waals surface area contributed by atoms with Crippen LogP contribution in [0.25, 0.3) is 16.9 Å². The number of methoxy groups -OCH3 is 1. The Bertz CT molecular complexity index is 926. The molecule has 0 aliphatic rings. The molecule has 3 rings (SSSR count). The van der Waals surface area contributed by atoms with Crippen LogP contribution >= 0.6 is 0 Å². The second-order valence-electron chi connectivity index (χ2n) is 5.15. The highest BCUT2D eigenvalue weighted by atomic mass is 19.4. The molecule has 3 aromatic rings. The third kappa shape index (κ3) is 3.72. The van der Waals surface area contributed by atoms with E-state index >= 15 is 0 Å². The van der Waals surface area contributed by atoms with E-state index in [1.165, 1.54) is 25.3 Å². The number of nitrogens with zero attached hydrogens (tertiary/aromatic N) is 4. The second kappa shape index (κ2) is 6.83. The van der Waals surface area contributed by atoms with Crippen LogP contribution in [0.3, 0.4) is 0 Å². The third-order valence-electron chi connectivity index (χ3n) is 3.37. The van der Waals surface area contributed by atoms with Crippen molar-refractivity contribution in [3.05, 3.63) is 41.7 Å². The molecule has 2 heterocycles. The highest BCUT2D eigenvalue weighted by Gasteiger charge is 2.31. The summed E-state index contributed by atoms with van der Waals surface area (Å²) < 4.78 is 72.9. The molecular weight excluding hydrogens is 363 g/mol. The van der Waals surface area contributed by atoms with E-state index in [1.807, 2.05) is 0 Å². The van der Waals surface area contributed by atoms with Crippen LogP contribution in [0.15, 0.2) is 30.3 Å². The minimum atomic E-state index is -4.84. The molecule has 138 valence electrons. The van der Waals surface area contributed by atoms with Crippen molar-refractivity contribution in [2.24, 2.45) is 0 Å². The Hall–Kier alpha value is -2.82. The lowest BCUT2D eigenvalue weighted by molar-refractivity contribution is -0.274. The fourth-order valence-corrected chi connectivity index (χ4v) is 2.38. The van der Waals surface area contributed by atoms with E-state index in [2.05, 4.69) is 20.0 Å². The molecule has 0 aliphatic carbocycles. The van der Waals surface area contributed by atoms with Gasteiger partial charge in [0, 0.05) is 12.7 Å². The van der Waals surface area contributed by atoms with Gasteiger partial charge in [0.2, 0.25) is 5.82 Å². The van der Waals surface area contributed by atoms with Crippen LogP contribution in [0.5, 0.6) is 5.75 Å². The standard InChI is InChI=1S/C15H11F5N4O2/c1-25-7-8-6-9(26-15(18,19)20)2-3-10(8)11-4-5-12-21-22-14(13(16)17)24(12)23-11/h2-6,13H,7H2,1H3. The lowest BCUT2D eigenvalue weighted by Gasteiger charge is -2.13. The summed E-state index contributed by atoms with van der Waals surface area (Å²) in [4.78, 5) is 0. The first-order valence-electron chi connectivity index (χ1n) is 7.17. The SMILES string of the molecule is COCc1cc(OC(F)(F)F)ccc1-c1ccc2nnc(C(F)F)n2n1. The van der Waals surface area contributed by atoms with E-state index in [0.717, 1.165) is 16.6 Å². The van der Waals surface area contributed by atoms with Crippen molar-refractivity contribution in [2.75, 3.05) is 7.11 Å². The van der Waals surface area contributed by atoms with Crippen LogP contribution in [-0.4, -0.2) is 33.3 Å². The average Bonchev–Trinajstić information content (AvgIpc) is 2.97. The predicted octanol–water partition coefficient (Wildman–Crippen LogP) is 3.77. The largest absolute Gasteiger partial charge is 0.573 e. The zero-order chi connectivity index (χ0) is 18.9. The van der Waals surface area contributed by atoms with E-state index < -0.39 is 24.4 Å². The first kappa shape index (κ1) is 18.0. The van der Waals surface area contributed by atoms with Gasteiger partial charge in [0.05, 0.1) is 12.3 Å². The van der Waals surface area contributed by atoms with Crippen LogP contribution in [0.1, 0.15) is 17.8 Å². The number of ether oxygens (including phenoxy) is 2. The maximum atomic E-state index is 13.0. The van der Waals surface area contributed by atoms with Gasteiger partial charge in [-0.2, -0.15) is 9.61 Å². The maximum Gasteiger partial charge on any atom is 0.573 e. The van der Waals surface area contributed by atoms with Gasteiger partial charge < -0.3 is 9.47 Å². The van der Waals surface area contributed by atoms with Gasteiger partial charge in [-0.1, -0.05) is 0 Å². The number of aromatic nitrogens is 4. The van der Waals surface area contributed by atoms with Gasteiger partial charge in [-0.15, -0.1) is 23.4 Å². The fraction of sp³-hybridized carbons (Fsp3) is 0.267. The smallest absolute Gasteiger partial charge is 0.406 e. The molecule has 0 aliphatic heterocycles. The molecule has 11 heteroatoms. The summed E-state index contributed by atoms with van der Waals surface area (Å²) >= 11 is 0. The minimum Gasteiger partial charge on any atom is -0.406 e. The number of alkyl halides is 5. The Morgan fingerprint density at radius 2 is 1.88 bits per heavy atom. The Labute approximate surface area is 143 Å². The average molecular weight is 374 g/mol. The van der Waals surface area contributed by atoms with Gasteiger partial charge in [-0.3, -0.25) is 0 Å². The number of hydrogen-bond donors (Lipinski definition) is 0. The number of rotatable bonds is 5. The highest BCUT2D eigenvalue weighted by molar-refractivity contribution is 5.65.